The summed E-state index contributed by atoms with van der Waals surface area (Å²) in [7, 11) is 0. The number of nitrogens with one attached hydrogen (secondary N) is 2. The van der Waals surface area contributed by atoms with Crippen LogP contribution in [0.1, 0.15) is 44.5 Å². The molecule has 44 heavy (non-hydrogen) atoms. The first-order valence-electron chi connectivity index (χ1n) is 14.1. The van der Waals surface area contributed by atoms with E-state index in [1.54, 1.807) is 43.5 Å². The number of ether oxygens (including phenoxy) is 1. The number of aromatic nitrogens is 2. The van der Waals surface area contributed by atoms with Crippen molar-refractivity contribution in [3.63, 3.8) is 0 Å². The van der Waals surface area contributed by atoms with Gasteiger partial charge in [-0.1, -0.05) is 18.2 Å². The molecule has 1 fully saturated rings. The lowest BCUT2D eigenvalue weighted by molar-refractivity contribution is 0.0255. The molecular formula is C32H32FN7O4. The van der Waals surface area contributed by atoms with Gasteiger partial charge in [0, 0.05) is 42.9 Å². The quantitative estimate of drug-likeness (QED) is 0.222. The standard InChI is InChI=1S/C32H32FN7O4/c1-2-37-30(41)20-8-9-24(33)23(14-20)26-11-10-25(35)29(38-26)31(42)39-27-16-36-13-12-28(27)40-17-21(34)15-22(18-40)44-32(43)19-6-4-3-5-7-19/h3-14,16,21-22H,2,15,17-18,34-35H2,1H3,(H,37,41)(H,39,42)/t21-,22-/m0/s1. The van der Waals surface area contributed by atoms with E-state index in [0.29, 0.717) is 43.0 Å². The normalized spacial score (nSPS) is 16.2. The van der Waals surface area contributed by atoms with E-state index in [9.17, 15) is 18.8 Å². The second kappa shape index (κ2) is 13.3. The van der Waals surface area contributed by atoms with E-state index < -0.39 is 23.8 Å². The van der Waals surface area contributed by atoms with E-state index in [0.717, 1.165) is 0 Å². The van der Waals surface area contributed by atoms with Gasteiger partial charge in [-0.15, -0.1) is 0 Å². The summed E-state index contributed by atoms with van der Waals surface area (Å²) in [5, 5.41) is 5.48. The minimum absolute atomic E-state index is 0.0447. The number of carbonyl (C=O) groups is 3. The minimum Gasteiger partial charge on any atom is -0.457 e. The van der Waals surface area contributed by atoms with Gasteiger partial charge in [0.05, 0.1) is 41.1 Å². The van der Waals surface area contributed by atoms with Gasteiger partial charge in [-0.2, -0.15) is 0 Å². The lowest BCUT2D eigenvalue weighted by Gasteiger charge is -2.38. The highest BCUT2D eigenvalue weighted by molar-refractivity contribution is 6.08. The summed E-state index contributed by atoms with van der Waals surface area (Å²) in [4.78, 5) is 48.9. The topological polar surface area (TPSA) is 166 Å². The minimum atomic E-state index is -0.646. The third-order valence-electron chi connectivity index (χ3n) is 7.10. The summed E-state index contributed by atoms with van der Waals surface area (Å²) >= 11 is 0. The van der Waals surface area contributed by atoms with Crippen LogP contribution in [0.3, 0.4) is 0 Å². The van der Waals surface area contributed by atoms with Gasteiger partial charge in [-0.3, -0.25) is 14.6 Å². The Morgan fingerprint density at radius 2 is 1.82 bits per heavy atom. The number of hydrogen-bond acceptors (Lipinski definition) is 9. The van der Waals surface area contributed by atoms with Crippen molar-refractivity contribution in [2.24, 2.45) is 5.73 Å². The van der Waals surface area contributed by atoms with Crippen LogP contribution >= 0.6 is 0 Å². The third kappa shape index (κ3) is 6.81. The average molecular weight is 598 g/mol. The number of carbonyl (C=O) groups excluding carboxylic acids is 3. The van der Waals surface area contributed by atoms with E-state index in [4.69, 9.17) is 16.2 Å². The number of amides is 2. The number of benzene rings is 2. The summed E-state index contributed by atoms with van der Waals surface area (Å²) in [5.41, 5.74) is 14.2. The number of piperidine rings is 1. The Kier molecular flexibility index (Phi) is 9.10. The Labute approximate surface area is 253 Å². The van der Waals surface area contributed by atoms with Gasteiger partial charge >= 0.3 is 5.97 Å². The van der Waals surface area contributed by atoms with Crippen molar-refractivity contribution >= 4 is 34.8 Å². The lowest BCUT2D eigenvalue weighted by Crippen LogP contribution is -2.50. The first kappa shape index (κ1) is 30.1. The summed E-state index contributed by atoms with van der Waals surface area (Å²) in [5.74, 6) is -2.06. The molecule has 11 nitrogen and oxygen atoms in total. The number of pyridine rings is 2. The monoisotopic (exact) mass is 597 g/mol. The zero-order chi connectivity index (χ0) is 31.2. The van der Waals surface area contributed by atoms with Gasteiger partial charge in [0.25, 0.3) is 11.8 Å². The molecule has 0 bridgehead atoms. The van der Waals surface area contributed by atoms with Gasteiger partial charge in [0.2, 0.25) is 0 Å². The second-order valence-corrected chi connectivity index (χ2v) is 10.3. The van der Waals surface area contributed by atoms with Crippen molar-refractivity contribution in [3.05, 3.63) is 102 Å². The Hall–Kier alpha value is -5.36. The molecule has 0 aliphatic carbocycles. The van der Waals surface area contributed by atoms with Crippen LogP contribution in [0.25, 0.3) is 11.3 Å². The largest absolute Gasteiger partial charge is 0.457 e. The number of halogens is 1. The molecule has 1 aliphatic rings. The molecule has 2 aromatic carbocycles. The maximum atomic E-state index is 14.8. The highest BCUT2D eigenvalue weighted by atomic mass is 19.1. The highest BCUT2D eigenvalue weighted by Gasteiger charge is 2.30. The zero-order valence-corrected chi connectivity index (χ0v) is 24.0. The van der Waals surface area contributed by atoms with Crippen LogP contribution in [0.15, 0.2) is 79.1 Å². The predicted molar refractivity (Wildman–Crippen MR) is 165 cm³/mol. The van der Waals surface area contributed by atoms with Crippen LogP contribution in [0.5, 0.6) is 0 Å². The van der Waals surface area contributed by atoms with Gasteiger partial charge in [0.1, 0.15) is 11.9 Å². The molecule has 1 aliphatic heterocycles. The van der Waals surface area contributed by atoms with Gasteiger partial charge < -0.3 is 31.7 Å². The third-order valence-corrected chi connectivity index (χ3v) is 7.10. The molecule has 2 atom stereocenters. The van der Waals surface area contributed by atoms with Gasteiger partial charge in [-0.25, -0.2) is 14.2 Å². The first-order valence-corrected chi connectivity index (χ1v) is 14.1. The van der Waals surface area contributed by atoms with Crippen molar-refractivity contribution in [3.8, 4) is 11.3 Å². The Morgan fingerprint density at radius 3 is 2.59 bits per heavy atom. The van der Waals surface area contributed by atoms with Crippen LogP contribution in [0, 0.1) is 5.82 Å². The van der Waals surface area contributed by atoms with Gasteiger partial charge in [-0.05, 0) is 55.5 Å². The fraction of sp³-hybridized carbons (Fsp3) is 0.219. The van der Waals surface area contributed by atoms with Crippen LogP contribution in [-0.2, 0) is 4.74 Å². The van der Waals surface area contributed by atoms with Crippen LogP contribution < -0.4 is 27.0 Å². The van der Waals surface area contributed by atoms with Crippen molar-refractivity contribution in [1.82, 2.24) is 15.3 Å². The maximum absolute atomic E-state index is 14.8. The maximum Gasteiger partial charge on any atom is 0.338 e. The molecule has 3 heterocycles. The fourth-order valence-electron chi connectivity index (χ4n) is 5.03. The molecule has 12 heteroatoms. The van der Waals surface area contributed by atoms with Crippen molar-refractivity contribution in [1.29, 1.82) is 0 Å². The molecule has 2 aromatic heterocycles. The summed E-state index contributed by atoms with van der Waals surface area (Å²) in [6, 6.07) is 17.0. The van der Waals surface area contributed by atoms with Crippen LogP contribution in [-0.4, -0.2) is 59.5 Å². The van der Waals surface area contributed by atoms with E-state index in [-0.39, 0.29) is 40.2 Å². The Bertz CT molecular complexity index is 1680. The summed E-state index contributed by atoms with van der Waals surface area (Å²) in [6.07, 6.45) is 3.05. The van der Waals surface area contributed by atoms with Crippen molar-refractivity contribution in [2.45, 2.75) is 25.5 Å². The number of nitrogens with zero attached hydrogens (tertiary/aromatic N) is 3. The Balaban J connectivity index is 1.37. The molecule has 4 aromatic rings. The smallest absolute Gasteiger partial charge is 0.338 e. The summed E-state index contributed by atoms with van der Waals surface area (Å²) in [6.45, 7) is 2.98. The van der Waals surface area contributed by atoms with Crippen molar-refractivity contribution < 1.29 is 23.5 Å². The molecule has 0 radical (unpaired) electrons. The first-order chi connectivity index (χ1) is 21.2. The molecule has 2 amide bonds. The van der Waals surface area contributed by atoms with Crippen molar-refractivity contribution in [2.75, 3.05) is 35.6 Å². The van der Waals surface area contributed by atoms with Gasteiger partial charge in [0.15, 0.2) is 5.69 Å². The predicted octanol–water partition coefficient (Wildman–Crippen LogP) is 3.63. The fourth-order valence-corrected chi connectivity index (χ4v) is 5.03. The number of rotatable bonds is 8. The van der Waals surface area contributed by atoms with E-state index in [1.807, 2.05) is 11.0 Å². The molecule has 0 saturated carbocycles. The van der Waals surface area contributed by atoms with E-state index in [1.165, 1.54) is 36.5 Å². The number of nitrogens with two attached hydrogens (primary N) is 2. The van der Waals surface area contributed by atoms with Crippen LogP contribution in [0.4, 0.5) is 21.5 Å². The number of esters is 1. The molecule has 0 spiro atoms. The highest BCUT2D eigenvalue weighted by Crippen LogP contribution is 2.30. The molecule has 1 saturated heterocycles. The molecular weight excluding hydrogens is 565 g/mol. The number of anilines is 3. The lowest BCUT2D eigenvalue weighted by atomic mass is 10.0. The molecule has 6 N–H and O–H groups in total. The second-order valence-electron chi connectivity index (χ2n) is 10.3. The number of nitrogen functional groups attached to an aromatic ring is 1. The van der Waals surface area contributed by atoms with E-state index in [2.05, 4.69) is 20.6 Å². The molecule has 5 rings (SSSR count). The number of hydrogen-bond donors (Lipinski definition) is 4. The zero-order valence-electron chi connectivity index (χ0n) is 24.0. The molecule has 226 valence electrons. The van der Waals surface area contributed by atoms with Crippen LogP contribution in [0.2, 0.25) is 0 Å². The van der Waals surface area contributed by atoms with E-state index >= 15 is 0 Å². The average Bonchev–Trinajstić information content (AvgIpc) is 3.02. The SMILES string of the molecule is CCNC(=O)c1ccc(F)c(-c2ccc(N)c(C(=O)Nc3cnccc3N3C[C@@H](N)C[C@H](OC(=O)c4ccccc4)C3)n2)c1. The summed E-state index contributed by atoms with van der Waals surface area (Å²) < 4.78 is 20.6. The molecule has 0 unspecified atom stereocenters. The Morgan fingerprint density at radius 1 is 1.02 bits per heavy atom.